The van der Waals surface area contributed by atoms with E-state index >= 15 is 0 Å². The van der Waals surface area contributed by atoms with Crippen LogP contribution in [-0.4, -0.2) is 98.3 Å². The zero-order chi connectivity index (χ0) is 43.6. The first-order valence-corrected chi connectivity index (χ1v) is 25.3. The Morgan fingerprint density at radius 2 is 0.763 bits per heavy atom. The number of phosphoric ester groups is 1. The molecule has 6 N–H and O–H groups in total. The molecule has 0 saturated heterocycles. The highest BCUT2D eigenvalue weighted by molar-refractivity contribution is 7.47. The molecule has 0 aromatic rings. The van der Waals surface area contributed by atoms with Gasteiger partial charge in [0.1, 0.15) is 43.2 Å². The fourth-order valence-electron chi connectivity index (χ4n) is 7.58. The van der Waals surface area contributed by atoms with E-state index in [1.165, 1.54) is 141 Å². The lowest BCUT2D eigenvalue weighted by Gasteiger charge is -2.41. The van der Waals surface area contributed by atoms with Crippen molar-refractivity contribution in [3.63, 3.8) is 0 Å². The third-order valence-corrected chi connectivity index (χ3v) is 12.4. The van der Waals surface area contributed by atoms with Gasteiger partial charge in [-0.15, -0.1) is 0 Å². The summed E-state index contributed by atoms with van der Waals surface area (Å²) in [4.78, 5) is 35.6. The molecule has 0 radical (unpaired) electrons. The van der Waals surface area contributed by atoms with E-state index in [0.717, 1.165) is 38.5 Å². The molecule has 14 heteroatoms. The second-order valence-corrected chi connectivity index (χ2v) is 18.4. The number of esters is 2. The van der Waals surface area contributed by atoms with Crippen molar-refractivity contribution in [3.8, 4) is 0 Å². The van der Waals surface area contributed by atoms with E-state index in [9.17, 15) is 44.6 Å². The maximum Gasteiger partial charge on any atom is 0.472 e. The first-order chi connectivity index (χ1) is 28.4. The summed E-state index contributed by atoms with van der Waals surface area (Å²) < 4.78 is 33.5. The van der Waals surface area contributed by atoms with E-state index in [1.54, 1.807) is 0 Å². The fourth-order valence-corrected chi connectivity index (χ4v) is 8.56. The van der Waals surface area contributed by atoms with Crippen LogP contribution in [0.15, 0.2) is 0 Å². The second-order valence-electron chi connectivity index (χ2n) is 17.0. The van der Waals surface area contributed by atoms with Gasteiger partial charge in [-0.25, -0.2) is 4.57 Å². The van der Waals surface area contributed by atoms with Gasteiger partial charge in [0, 0.05) is 12.8 Å². The van der Waals surface area contributed by atoms with Crippen molar-refractivity contribution in [3.05, 3.63) is 0 Å². The standard InChI is InChI=1S/C45H87O13P/c1-3-5-7-9-11-13-14-15-16-17-18-19-20-21-22-23-24-26-28-30-32-34-39(47)57-37(35-55-38(46)33-31-29-27-25-12-10-8-6-4-2)36-56-59(53,54)58-45-43(51)41(49)40(48)42(50)44(45)52/h37,40-45,48-52H,3-36H2,1-2H3,(H,53,54)/t37-,40?,41+,42?,43?,44?,45?/m1/s1. The number of aliphatic hydroxyl groups is 5. The largest absolute Gasteiger partial charge is 0.472 e. The Balaban J connectivity index is 2.36. The summed E-state index contributed by atoms with van der Waals surface area (Å²) in [5, 5.41) is 50.1. The Bertz CT molecular complexity index is 1050. The fraction of sp³-hybridized carbons (Fsp3) is 0.956. The third kappa shape index (κ3) is 29.0. The highest BCUT2D eigenvalue weighted by Crippen LogP contribution is 2.47. The Labute approximate surface area is 357 Å². The van der Waals surface area contributed by atoms with Gasteiger partial charge in [0.2, 0.25) is 0 Å². The maximum atomic E-state index is 12.8. The Hall–Kier alpha value is -1.15. The van der Waals surface area contributed by atoms with Crippen LogP contribution in [-0.2, 0) is 32.7 Å². The van der Waals surface area contributed by atoms with Crippen LogP contribution in [0, 0.1) is 0 Å². The van der Waals surface area contributed by atoms with Crippen molar-refractivity contribution in [2.45, 2.75) is 262 Å². The van der Waals surface area contributed by atoms with E-state index in [2.05, 4.69) is 13.8 Å². The molecule has 0 bridgehead atoms. The summed E-state index contributed by atoms with van der Waals surface area (Å²) in [5.41, 5.74) is 0. The van der Waals surface area contributed by atoms with Crippen molar-refractivity contribution in [2.75, 3.05) is 13.2 Å². The van der Waals surface area contributed by atoms with Gasteiger partial charge < -0.3 is 39.9 Å². The zero-order valence-electron chi connectivity index (χ0n) is 37.1. The first kappa shape index (κ1) is 55.9. The summed E-state index contributed by atoms with van der Waals surface area (Å²) >= 11 is 0. The number of phosphoric acid groups is 1. The predicted molar refractivity (Wildman–Crippen MR) is 231 cm³/mol. The average Bonchev–Trinajstić information content (AvgIpc) is 3.21. The van der Waals surface area contributed by atoms with Crippen molar-refractivity contribution in [2.24, 2.45) is 0 Å². The molecular formula is C45H87O13P. The molecule has 0 aliphatic heterocycles. The Morgan fingerprint density at radius 1 is 0.458 bits per heavy atom. The summed E-state index contributed by atoms with van der Waals surface area (Å²) in [6.07, 6.45) is 23.2. The van der Waals surface area contributed by atoms with Gasteiger partial charge in [-0.3, -0.25) is 18.6 Å². The summed E-state index contributed by atoms with van der Waals surface area (Å²) in [6, 6.07) is 0. The minimum atomic E-state index is -5.11. The predicted octanol–water partition coefficient (Wildman–Crippen LogP) is 9.28. The van der Waals surface area contributed by atoms with Gasteiger partial charge in [-0.05, 0) is 12.8 Å². The van der Waals surface area contributed by atoms with Crippen LogP contribution in [0.25, 0.3) is 0 Å². The molecular weight excluding hydrogens is 779 g/mol. The van der Waals surface area contributed by atoms with Crippen LogP contribution >= 0.6 is 7.82 Å². The summed E-state index contributed by atoms with van der Waals surface area (Å²) in [5.74, 6) is -1.09. The van der Waals surface area contributed by atoms with Gasteiger partial charge in [0.05, 0.1) is 6.61 Å². The zero-order valence-corrected chi connectivity index (χ0v) is 38.0. The molecule has 0 aromatic carbocycles. The van der Waals surface area contributed by atoms with Crippen LogP contribution in [0.1, 0.15) is 219 Å². The Morgan fingerprint density at radius 3 is 1.12 bits per heavy atom. The molecule has 1 saturated carbocycles. The molecule has 1 aliphatic rings. The highest BCUT2D eigenvalue weighted by atomic mass is 31.2. The van der Waals surface area contributed by atoms with E-state index in [0.29, 0.717) is 12.8 Å². The molecule has 1 rings (SSSR count). The lowest BCUT2D eigenvalue weighted by atomic mass is 9.85. The van der Waals surface area contributed by atoms with E-state index in [1.807, 2.05) is 0 Å². The first-order valence-electron chi connectivity index (χ1n) is 23.8. The number of carbonyl (C=O) groups excluding carboxylic acids is 2. The minimum absolute atomic E-state index is 0.105. The molecule has 0 aromatic heterocycles. The summed E-state index contributed by atoms with van der Waals surface area (Å²) in [6.45, 7) is 3.29. The summed E-state index contributed by atoms with van der Waals surface area (Å²) in [7, 11) is -5.11. The lowest BCUT2D eigenvalue weighted by molar-refractivity contribution is -0.220. The number of hydrogen-bond acceptors (Lipinski definition) is 12. The molecule has 0 amide bonds. The smallest absolute Gasteiger partial charge is 0.462 e. The van der Waals surface area contributed by atoms with Crippen LogP contribution in [0.3, 0.4) is 0 Å². The van der Waals surface area contributed by atoms with E-state index in [4.69, 9.17) is 18.5 Å². The molecule has 1 fully saturated rings. The monoisotopic (exact) mass is 867 g/mol. The average molecular weight is 867 g/mol. The van der Waals surface area contributed by atoms with Gasteiger partial charge in [-0.1, -0.05) is 194 Å². The number of unbranched alkanes of at least 4 members (excludes halogenated alkanes) is 28. The van der Waals surface area contributed by atoms with Gasteiger partial charge >= 0.3 is 19.8 Å². The van der Waals surface area contributed by atoms with E-state index < -0.39 is 75.7 Å². The SMILES string of the molecule is CCCCCCCCCCCCCCCCCCCCCCCC(=O)O[C@H](COC(=O)CCCCCCCCCCC)COP(=O)(O)OC1C(O)C(O)C(O)[C@H](O)C1O. The van der Waals surface area contributed by atoms with Crippen molar-refractivity contribution < 1.29 is 63.1 Å². The molecule has 59 heavy (non-hydrogen) atoms. The van der Waals surface area contributed by atoms with Crippen LogP contribution in [0.4, 0.5) is 0 Å². The molecule has 1 aliphatic carbocycles. The number of ether oxygens (including phenoxy) is 2. The highest BCUT2D eigenvalue weighted by Gasteiger charge is 2.51. The maximum absolute atomic E-state index is 12.8. The van der Waals surface area contributed by atoms with Crippen molar-refractivity contribution in [1.29, 1.82) is 0 Å². The Kier molecular flexibility index (Phi) is 34.4. The van der Waals surface area contributed by atoms with Crippen LogP contribution < -0.4 is 0 Å². The van der Waals surface area contributed by atoms with Crippen LogP contribution in [0.2, 0.25) is 0 Å². The number of aliphatic hydroxyl groups excluding tert-OH is 5. The number of hydrogen-bond donors (Lipinski definition) is 6. The minimum Gasteiger partial charge on any atom is -0.462 e. The normalized spacial score (nSPS) is 22.2. The second kappa shape index (κ2) is 36.3. The van der Waals surface area contributed by atoms with Gasteiger partial charge in [0.15, 0.2) is 6.10 Å². The molecule has 6 unspecified atom stereocenters. The molecule has 350 valence electrons. The topological polar surface area (TPSA) is 210 Å². The molecule has 13 nitrogen and oxygen atoms in total. The van der Waals surface area contributed by atoms with E-state index in [-0.39, 0.29) is 12.8 Å². The third-order valence-electron chi connectivity index (χ3n) is 11.4. The number of rotatable bonds is 40. The van der Waals surface area contributed by atoms with Gasteiger partial charge in [0.25, 0.3) is 0 Å². The lowest BCUT2D eigenvalue weighted by Crippen LogP contribution is -2.64. The van der Waals surface area contributed by atoms with Gasteiger partial charge in [-0.2, -0.15) is 0 Å². The van der Waals surface area contributed by atoms with Crippen molar-refractivity contribution >= 4 is 19.8 Å². The molecule has 0 spiro atoms. The molecule has 8 atom stereocenters. The quantitative estimate of drug-likeness (QED) is 0.0193. The molecule has 0 heterocycles. The van der Waals surface area contributed by atoms with Crippen LogP contribution in [0.5, 0.6) is 0 Å². The number of carbonyl (C=O) groups is 2. The van der Waals surface area contributed by atoms with Crippen molar-refractivity contribution in [1.82, 2.24) is 0 Å².